The van der Waals surface area contributed by atoms with Gasteiger partial charge in [0, 0.05) is 24.9 Å². The number of sulfone groups is 1. The number of nitrogens with zero attached hydrogens (tertiary/aromatic N) is 1. The maximum absolute atomic E-state index is 12.1. The Kier molecular flexibility index (Phi) is 4.90. The minimum Gasteiger partial charge on any atom is -0.302 e. The highest BCUT2D eigenvalue weighted by Crippen LogP contribution is 2.32. The fraction of sp³-hybridized carbons (Fsp3) is 0.933. The van der Waals surface area contributed by atoms with Crippen LogP contribution in [0.15, 0.2) is 0 Å². The van der Waals surface area contributed by atoms with Gasteiger partial charge in [0.2, 0.25) is 0 Å². The van der Waals surface area contributed by atoms with Crippen LogP contribution in [0.25, 0.3) is 0 Å². The summed E-state index contributed by atoms with van der Waals surface area (Å²) < 4.78 is 23.1. The van der Waals surface area contributed by atoms with Crippen LogP contribution in [0.3, 0.4) is 0 Å². The minimum atomic E-state index is -2.85. The zero-order valence-corrected chi connectivity index (χ0v) is 13.7. The van der Waals surface area contributed by atoms with E-state index in [1.807, 2.05) is 7.05 Å². The van der Waals surface area contributed by atoms with Gasteiger partial charge in [-0.15, -0.1) is 0 Å². The molecule has 3 unspecified atom stereocenters. The van der Waals surface area contributed by atoms with Crippen molar-refractivity contribution in [1.29, 1.82) is 0 Å². The van der Waals surface area contributed by atoms with Gasteiger partial charge >= 0.3 is 0 Å². The lowest BCUT2D eigenvalue weighted by atomic mass is 9.75. The normalized spacial score (nSPS) is 34.0. The summed E-state index contributed by atoms with van der Waals surface area (Å²) in [6.07, 6.45) is 3.41. The van der Waals surface area contributed by atoms with E-state index in [0.717, 1.165) is 19.4 Å². The Morgan fingerprint density at radius 3 is 2.55 bits per heavy atom. The molecule has 1 saturated heterocycles. The molecule has 1 aliphatic heterocycles. The third-order valence-electron chi connectivity index (χ3n) is 5.09. The summed E-state index contributed by atoms with van der Waals surface area (Å²) in [6, 6.07) is 0.104. The Labute approximate surface area is 122 Å². The van der Waals surface area contributed by atoms with E-state index in [0.29, 0.717) is 36.2 Å². The molecule has 2 rings (SSSR count). The van der Waals surface area contributed by atoms with Crippen LogP contribution in [0.2, 0.25) is 0 Å². The molecule has 1 aliphatic carbocycles. The largest absolute Gasteiger partial charge is 0.302 e. The highest BCUT2D eigenvalue weighted by Gasteiger charge is 2.35. The highest BCUT2D eigenvalue weighted by atomic mass is 32.2. The zero-order valence-electron chi connectivity index (χ0n) is 12.8. The van der Waals surface area contributed by atoms with E-state index in [9.17, 15) is 13.2 Å². The molecular formula is C15H27NO3S. The molecule has 116 valence electrons. The average molecular weight is 301 g/mol. The van der Waals surface area contributed by atoms with Crippen LogP contribution in [0.5, 0.6) is 0 Å². The Bertz CT molecular complexity index is 458. The maximum Gasteiger partial charge on any atom is 0.151 e. The summed E-state index contributed by atoms with van der Waals surface area (Å²) in [5, 5.41) is 0. The van der Waals surface area contributed by atoms with E-state index in [-0.39, 0.29) is 17.7 Å². The van der Waals surface area contributed by atoms with Gasteiger partial charge in [0.25, 0.3) is 0 Å². The van der Waals surface area contributed by atoms with Gasteiger partial charge in [-0.3, -0.25) is 4.79 Å². The third kappa shape index (κ3) is 3.82. The SMILES string of the molecule is CC(C)C1CCC(=O)C(CN(C)C2CCS(=O)(=O)C2)C1. The van der Waals surface area contributed by atoms with Gasteiger partial charge in [0.1, 0.15) is 5.78 Å². The van der Waals surface area contributed by atoms with Crippen molar-refractivity contribution in [1.82, 2.24) is 4.90 Å². The smallest absolute Gasteiger partial charge is 0.151 e. The molecule has 5 heteroatoms. The number of hydrogen-bond acceptors (Lipinski definition) is 4. The first-order chi connectivity index (χ1) is 9.28. The van der Waals surface area contributed by atoms with Crippen LogP contribution in [0.4, 0.5) is 0 Å². The van der Waals surface area contributed by atoms with Gasteiger partial charge in [0.05, 0.1) is 11.5 Å². The summed E-state index contributed by atoms with van der Waals surface area (Å²) in [7, 11) is -0.876. The molecule has 4 nitrogen and oxygen atoms in total. The van der Waals surface area contributed by atoms with Crippen molar-refractivity contribution < 1.29 is 13.2 Å². The number of Topliss-reactive ketones (excluding diaryl/α,β-unsaturated/α-hetero) is 1. The quantitative estimate of drug-likeness (QED) is 0.794. The predicted molar refractivity (Wildman–Crippen MR) is 80.4 cm³/mol. The fourth-order valence-corrected chi connectivity index (χ4v) is 5.35. The summed E-state index contributed by atoms with van der Waals surface area (Å²) in [4.78, 5) is 14.2. The summed E-state index contributed by atoms with van der Waals surface area (Å²) in [5.74, 6) is 2.30. The second-order valence-electron chi connectivity index (χ2n) is 6.94. The van der Waals surface area contributed by atoms with E-state index >= 15 is 0 Å². The number of ketones is 1. The number of carbonyl (C=O) groups is 1. The molecule has 2 fully saturated rings. The van der Waals surface area contributed by atoms with Crippen molar-refractivity contribution in [2.45, 2.75) is 45.6 Å². The fourth-order valence-electron chi connectivity index (χ4n) is 3.55. The Morgan fingerprint density at radius 1 is 1.30 bits per heavy atom. The first kappa shape index (κ1) is 16.0. The number of rotatable bonds is 4. The summed E-state index contributed by atoms with van der Waals surface area (Å²) >= 11 is 0. The van der Waals surface area contributed by atoms with E-state index in [1.165, 1.54) is 0 Å². The maximum atomic E-state index is 12.1. The minimum absolute atomic E-state index is 0.101. The van der Waals surface area contributed by atoms with Crippen molar-refractivity contribution in [3.8, 4) is 0 Å². The van der Waals surface area contributed by atoms with Crippen LogP contribution in [0, 0.1) is 17.8 Å². The van der Waals surface area contributed by atoms with Gasteiger partial charge < -0.3 is 4.90 Å². The predicted octanol–water partition coefficient (Wildman–Crippen LogP) is 1.75. The second kappa shape index (κ2) is 6.14. The molecule has 0 radical (unpaired) electrons. The molecule has 0 bridgehead atoms. The standard InChI is InChI=1S/C15H27NO3S/c1-11(2)12-4-5-15(17)13(8-12)9-16(3)14-6-7-20(18,19)10-14/h11-14H,4-10H2,1-3H3. The Morgan fingerprint density at radius 2 is 2.00 bits per heavy atom. The Hall–Kier alpha value is -0.420. The van der Waals surface area contributed by atoms with Gasteiger partial charge in [-0.1, -0.05) is 13.8 Å². The van der Waals surface area contributed by atoms with Gasteiger partial charge in [0.15, 0.2) is 9.84 Å². The molecule has 1 heterocycles. The van der Waals surface area contributed by atoms with E-state index in [1.54, 1.807) is 0 Å². The first-order valence-corrected chi connectivity index (χ1v) is 9.54. The van der Waals surface area contributed by atoms with Crippen molar-refractivity contribution in [2.75, 3.05) is 25.1 Å². The molecule has 20 heavy (non-hydrogen) atoms. The molecular weight excluding hydrogens is 274 g/mol. The van der Waals surface area contributed by atoms with Gasteiger partial charge in [-0.2, -0.15) is 0 Å². The Balaban J connectivity index is 1.92. The molecule has 1 saturated carbocycles. The molecule has 0 N–H and O–H groups in total. The molecule has 0 amide bonds. The van der Waals surface area contributed by atoms with Gasteiger partial charge in [-0.25, -0.2) is 8.42 Å². The molecule has 0 spiro atoms. The van der Waals surface area contributed by atoms with E-state index in [4.69, 9.17) is 0 Å². The van der Waals surface area contributed by atoms with Gasteiger partial charge in [-0.05, 0) is 38.1 Å². The molecule has 0 aromatic rings. The molecule has 3 atom stereocenters. The van der Waals surface area contributed by atoms with Crippen LogP contribution in [-0.4, -0.2) is 50.2 Å². The molecule has 0 aromatic heterocycles. The summed E-state index contributed by atoms with van der Waals surface area (Å²) in [6.45, 7) is 5.18. The first-order valence-electron chi connectivity index (χ1n) is 7.72. The lowest BCUT2D eigenvalue weighted by Gasteiger charge is -2.34. The second-order valence-corrected chi connectivity index (χ2v) is 9.17. The van der Waals surface area contributed by atoms with Crippen molar-refractivity contribution in [2.24, 2.45) is 17.8 Å². The topological polar surface area (TPSA) is 54.5 Å². The number of hydrogen-bond donors (Lipinski definition) is 0. The zero-order chi connectivity index (χ0) is 14.9. The van der Waals surface area contributed by atoms with Crippen molar-refractivity contribution in [3.63, 3.8) is 0 Å². The average Bonchev–Trinajstić information content (AvgIpc) is 2.72. The van der Waals surface area contributed by atoms with Crippen molar-refractivity contribution >= 4 is 15.6 Å². The number of carbonyl (C=O) groups excluding carboxylic acids is 1. The van der Waals surface area contributed by atoms with Crippen LogP contribution in [0.1, 0.15) is 39.5 Å². The van der Waals surface area contributed by atoms with Crippen LogP contribution >= 0.6 is 0 Å². The van der Waals surface area contributed by atoms with E-state index in [2.05, 4.69) is 18.7 Å². The van der Waals surface area contributed by atoms with Crippen LogP contribution < -0.4 is 0 Å². The lowest BCUT2D eigenvalue weighted by Crippen LogP contribution is -2.41. The highest BCUT2D eigenvalue weighted by molar-refractivity contribution is 7.91. The summed E-state index contributed by atoms with van der Waals surface area (Å²) in [5.41, 5.74) is 0. The molecule has 0 aromatic carbocycles. The van der Waals surface area contributed by atoms with E-state index < -0.39 is 9.84 Å². The molecule has 2 aliphatic rings. The monoisotopic (exact) mass is 301 g/mol. The lowest BCUT2D eigenvalue weighted by molar-refractivity contribution is -0.126. The van der Waals surface area contributed by atoms with Crippen molar-refractivity contribution in [3.05, 3.63) is 0 Å². The van der Waals surface area contributed by atoms with Crippen LogP contribution in [-0.2, 0) is 14.6 Å². The third-order valence-corrected chi connectivity index (χ3v) is 6.84.